The first-order chi connectivity index (χ1) is 8.11. The van der Waals surface area contributed by atoms with Gasteiger partial charge in [0.15, 0.2) is 5.82 Å². The highest BCUT2D eigenvalue weighted by molar-refractivity contribution is 5.67. The van der Waals surface area contributed by atoms with Gasteiger partial charge in [-0.05, 0) is 18.9 Å². The molecule has 0 radical (unpaired) electrons. The van der Waals surface area contributed by atoms with Gasteiger partial charge in [-0.3, -0.25) is 0 Å². The maximum Gasteiger partial charge on any atom is 0.151 e. The molecule has 0 bridgehead atoms. The van der Waals surface area contributed by atoms with Crippen LogP contribution in [0.3, 0.4) is 0 Å². The number of rotatable bonds is 3. The molecule has 94 valence electrons. The van der Waals surface area contributed by atoms with Crippen molar-refractivity contribution in [3.63, 3.8) is 0 Å². The Labute approximate surface area is 98.6 Å². The van der Waals surface area contributed by atoms with Crippen molar-refractivity contribution in [2.75, 3.05) is 17.7 Å². The Kier molecular flexibility index (Phi) is 3.47. The smallest absolute Gasteiger partial charge is 0.151 e. The molecule has 1 aromatic carbocycles. The number of hydrogen-bond acceptors (Lipinski definition) is 3. The van der Waals surface area contributed by atoms with Crippen molar-refractivity contribution in [3.8, 4) is 0 Å². The van der Waals surface area contributed by atoms with E-state index in [1.165, 1.54) is 6.07 Å². The van der Waals surface area contributed by atoms with Crippen LogP contribution in [0.15, 0.2) is 12.1 Å². The third-order valence-electron chi connectivity index (χ3n) is 3.33. The molecule has 0 aliphatic heterocycles. The summed E-state index contributed by atoms with van der Waals surface area (Å²) in [6.07, 6.45) is 2.80. The molecule has 1 aliphatic carbocycles. The van der Waals surface area contributed by atoms with Crippen LogP contribution in [0.25, 0.3) is 0 Å². The molecule has 2 atom stereocenters. The average molecular weight is 242 g/mol. The summed E-state index contributed by atoms with van der Waals surface area (Å²) in [7, 11) is 0. The Morgan fingerprint density at radius 3 is 2.82 bits per heavy atom. The normalized spacial score (nSPS) is 23.9. The second kappa shape index (κ2) is 4.87. The zero-order chi connectivity index (χ0) is 12.4. The largest absolute Gasteiger partial charge is 0.396 e. The molecule has 4 N–H and O–H groups in total. The van der Waals surface area contributed by atoms with Crippen molar-refractivity contribution >= 4 is 11.4 Å². The molecule has 2 rings (SSSR count). The van der Waals surface area contributed by atoms with Gasteiger partial charge in [-0.25, -0.2) is 8.78 Å². The molecule has 1 aliphatic rings. The van der Waals surface area contributed by atoms with Crippen LogP contribution in [0.2, 0.25) is 0 Å². The summed E-state index contributed by atoms with van der Waals surface area (Å²) in [5.74, 6) is -1.29. The first kappa shape index (κ1) is 12.1. The number of aliphatic hydroxyl groups is 1. The van der Waals surface area contributed by atoms with Gasteiger partial charge >= 0.3 is 0 Å². The number of hydrogen-bond donors (Lipinski definition) is 3. The fraction of sp³-hybridized carbons (Fsp3) is 0.500. The quantitative estimate of drug-likeness (QED) is 0.711. The molecule has 0 saturated heterocycles. The summed E-state index contributed by atoms with van der Waals surface area (Å²) in [6, 6.07) is 1.98. The Hall–Kier alpha value is -1.36. The SMILES string of the molecule is Nc1c(F)cc(F)cc1NC1CCCC1CO. The Balaban J connectivity index is 2.18. The second-order valence-electron chi connectivity index (χ2n) is 4.47. The number of nitrogens with two attached hydrogens (primary N) is 1. The molecule has 1 fully saturated rings. The molecule has 0 spiro atoms. The van der Waals surface area contributed by atoms with E-state index >= 15 is 0 Å². The number of benzene rings is 1. The molecule has 17 heavy (non-hydrogen) atoms. The maximum absolute atomic E-state index is 13.2. The van der Waals surface area contributed by atoms with Gasteiger partial charge in [0.05, 0.1) is 11.4 Å². The van der Waals surface area contributed by atoms with Crippen LogP contribution in [0.1, 0.15) is 19.3 Å². The van der Waals surface area contributed by atoms with E-state index in [0.717, 1.165) is 25.3 Å². The van der Waals surface area contributed by atoms with E-state index in [4.69, 9.17) is 5.73 Å². The minimum atomic E-state index is -0.758. The molecule has 1 saturated carbocycles. The van der Waals surface area contributed by atoms with Gasteiger partial charge in [-0.15, -0.1) is 0 Å². The number of halogens is 2. The highest BCUT2D eigenvalue weighted by Gasteiger charge is 2.27. The lowest BCUT2D eigenvalue weighted by Gasteiger charge is -2.21. The Morgan fingerprint density at radius 2 is 2.12 bits per heavy atom. The lowest BCUT2D eigenvalue weighted by Crippen LogP contribution is -2.27. The standard InChI is InChI=1S/C12H16F2N2O/c13-8-4-9(14)12(15)11(5-8)16-10-3-1-2-7(10)6-17/h4-5,7,10,16-17H,1-3,6,15H2. The molecule has 0 amide bonds. The Morgan fingerprint density at radius 1 is 1.35 bits per heavy atom. The van der Waals surface area contributed by atoms with E-state index in [1.54, 1.807) is 0 Å². The van der Waals surface area contributed by atoms with Gasteiger partial charge in [0.25, 0.3) is 0 Å². The topological polar surface area (TPSA) is 58.3 Å². The number of nitrogens with one attached hydrogen (secondary N) is 1. The minimum Gasteiger partial charge on any atom is -0.396 e. The third-order valence-corrected chi connectivity index (χ3v) is 3.33. The Bertz CT molecular complexity index is 412. The lowest BCUT2D eigenvalue weighted by atomic mass is 10.0. The fourth-order valence-electron chi connectivity index (χ4n) is 2.35. The molecule has 1 aromatic rings. The van der Waals surface area contributed by atoms with Crippen LogP contribution in [0.5, 0.6) is 0 Å². The summed E-state index contributed by atoms with van der Waals surface area (Å²) in [6.45, 7) is 0.0787. The van der Waals surface area contributed by atoms with E-state index in [-0.39, 0.29) is 29.9 Å². The predicted octanol–water partition coefficient (Wildman–Crippen LogP) is 2.12. The summed E-state index contributed by atoms with van der Waals surface area (Å²) in [5.41, 5.74) is 5.75. The molecule has 0 aromatic heterocycles. The van der Waals surface area contributed by atoms with Crippen LogP contribution in [0.4, 0.5) is 20.2 Å². The van der Waals surface area contributed by atoms with E-state index < -0.39 is 11.6 Å². The van der Waals surface area contributed by atoms with Gasteiger partial charge in [0, 0.05) is 24.6 Å². The molecule has 2 unspecified atom stereocenters. The van der Waals surface area contributed by atoms with Gasteiger partial charge in [-0.2, -0.15) is 0 Å². The molecule has 0 heterocycles. The van der Waals surface area contributed by atoms with Crippen LogP contribution in [-0.4, -0.2) is 17.8 Å². The minimum absolute atomic E-state index is 0.0310. The summed E-state index contributed by atoms with van der Waals surface area (Å²) in [5, 5.41) is 12.2. The summed E-state index contributed by atoms with van der Waals surface area (Å²) >= 11 is 0. The lowest BCUT2D eigenvalue weighted by molar-refractivity contribution is 0.222. The highest BCUT2D eigenvalue weighted by atomic mass is 19.1. The first-order valence-electron chi connectivity index (χ1n) is 5.73. The maximum atomic E-state index is 13.2. The summed E-state index contributed by atoms with van der Waals surface area (Å²) < 4.78 is 26.3. The zero-order valence-corrected chi connectivity index (χ0v) is 9.42. The number of nitrogen functional groups attached to an aromatic ring is 1. The van der Waals surface area contributed by atoms with Crippen molar-refractivity contribution in [1.29, 1.82) is 0 Å². The van der Waals surface area contributed by atoms with E-state index in [1.807, 2.05) is 0 Å². The van der Waals surface area contributed by atoms with Gasteiger partial charge in [0.1, 0.15) is 5.82 Å². The number of anilines is 2. The molecular weight excluding hydrogens is 226 g/mol. The van der Waals surface area contributed by atoms with E-state index in [2.05, 4.69) is 5.32 Å². The van der Waals surface area contributed by atoms with Crippen LogP contribution >= 0.6 is 0 Å². The molecular formula is C12H16F2N2O. The van der Waals surface area contributed by atoms with Crippen LogP contribution < -0.4 is 11.1 Å². The van der Waals surface area contributed by atoms with Crippen LogP contribution in [0, 0.1) is 17.6 Å². The van der Waals surface area contributed by atoms with Gasteiger partial charge in [-0.1, -0.05) is 6.42 Å². The van der Waals surface area contributed by atoms with E-state index in [9.17, 15) is 13.9 Å². The third kappa shape index (κ3) is 2.49. The van der Waals surface area contributed by atoms with Crippen molar-refractivity contribution < 1.29 is 13.9 Å². The van der Waals surface area contributed by atoms with Gasteiger partial charge < -0.3 is 16.2 Å². The zero-order valence-electron chi connectivity index (χ0n) is 9.42. The van der Waals surface area contributed by atoms with Crippen molar-refractivity contribution in [1.82, 2.24) is 0 Å². The van der Waals surface area contributed by atoms with Crippen molar-refractivity contribution in [3.05, 3.63) is 23.8 Å². The first-order valence-corrected chi connectivity index (χ1v) is 5.73. The monoisotopic (exact) mass is 242 g/mol. The van der Waals surface area contributed by atoms with Crippen molar-refractivity contribution in [2.45, 2.75) is 25.3 Å². The average Bonchev–Trinajstić information content (AvgIpc) is 2.72. The van der Waals surface area contributed by atoms with Crippen molar-refractivity contribution in [2.24, 2.45) is 5.92 Å². The molecule has 3 nitrogen and oxygen atoms in total. The molecule has 5 heteroatoms. The fourth-order valence-corrected chi connectivity index (χ4v) is 2.35. The summed E-state index contributed by atoms with van der Waals surface area (Å²) in [4.78, 5) is 0. The van der Waals surface area contributed by atoms with Gasteiger partial charge in [0.2, 0.25) is 0 Å². The predicted molar refractivity (Wildman–Crippen MR) is 62.6 cm³/mol. The van der Waals surface area contributed by atoms with Crippen LogP contribution in [-0.2, 0) is 0 Å². The highest BCUT2D eigenvalue weighted by Crippen LogP contribution is 2.31. The second-order valence-corrected chi connectivity index (χ2v) is 4.47. The number of aliphatic hydroxyl groups excluding tert-OH is 1. The van der Waals surface area contributed by atoms with E-state index in [0.29, 0.717) is 0 Å².